The maximum atomic E-state index is 13.1. The Hall–Kier alpha value is -3.71. The molecule has 0 aromatic heterocycles. The van der Waals surface area contributed by atoms with Crippen molar-refractivity contribution in [2.75, 3.05) is 13.2 Å². The predicted octanol–water partition coefficient (Wildman–Crippen LogP) is 3.51. The monoisotopic (exact) mass is 492 g/mol. The Morgan fingerprint density at radius 2 is 1.50 bits per heavy atom. The number of aliphatic hydroxyl groups is 1. The molecule has 2 aromatic carbocycles. The van der Waals surface area contributed by atoms with Crippen LogP contribution >= 0.6 is 0 Å². The van der Waals surface area contributed by atoms with Crippen molar-refractivity contribution in [3.8, 4) is 0 Å². The largest absolute Gasteiger partial charge is 0.463 e. The molecule has 0 fully saturated rings. The van der Waals surface area contributed by atoms with E-state index < -0.39 is 35.7 Å². The first kappa shape index (κ1) is 28.5. The van der Waals surface area contributed by atoms with Gasteiger partial charge in [-0.2, -0.15) is 0 Å². The Balaban J connectivity index is 2.14. The van der Waals surface area contributed by atoms with Crippen LogP contribution in [0.25, 0.3) is 0 Å². The Bertz CT molecular complexity index is 993. The van der Waals surface area contributed by atoms with Crippen LogP contribution in [0.15, 0.2) is 86.0 Å². The molecular formula is C29H36N2O5. The molecule has 1 unspecified atom stereocenters. The summed E-state index contributed by atoms with van der Waals surface area (Å²) in [5.74, 6) is -2.85. The number of amides is 2. The van der Waals surface area contributed by atoms with Crippen LogP contribution in [0.5, 0.6) is 0 Å². The van der Waals surface area contributed by atoms with Crippen LogP contribution in [0.2, 0.25) is 0 Å². The molecule has 36 heavy (non-hydrogen) atoms. The number of rotatable bonds is 15. The van der Waals surface area contributed by atoms with Gasteiger partial charge in [0.25, 0.3) is 0 Å². The number of allylic oxidation sites excluding steroid dienone is 2. The third kappa shape index (κ3) is 9.15. The molecule has 0 radical (unpaired) electrons. The second kappa shape index (κ2) is 15.3. The number of ether oxygens (including phenoxy) is 1. The Morgan fingerprint density at radius 3 is 2.08 bits per heavy atom. The smallest absolute Gasteiger partial charge is 0.309 e. The summed E-state index contributed by atoms with van der Waals surface area (Å²) in [6.45, 7) is 8.71. The second-order valence-corrected chi connectivity index (χ2v) is 8.68. The molecule has 0 aliphatic rings. The lowest BCUT2D eigenvalue weighted by Gasteiger charge is -2.24. The topological polar surface area (TPSA) is 105 Å². The summed E-state index contributed by atoms with van der Waals surface area (Å²) in [6, 6.07) is 17.7. The van der Waals surface area contributed by atoms with Gasteiger partial charge in [-0.25, -0.2) is 0 Å². The van der Waals surface area contributed by atoms with E-state index >= 15 is 0 Å². The van der Waals surface area contributed by atoms with Crippen LogP contribution < -0.4 is 10.6 Å². The molecule has 0 spiro atoms. The fourth-order valence-corrected chi connectivity index (χ4v) is 3.71. The van der Waals surface area contributed by atoms with E-state index in [-0.39, 0.29) is 25.6 Å². The second-order valence-electron chi connectivity index (χ2n) is 8.68. The SMILES string of the molecule is C=CCC(C(=O)N[C@H](C)CO)C(=O)N[C@H](COC(=O)[C@H](CC=C)Cc1ccccc1)c1ccccc1. The van der Waals surface area contributed by atoms with Gasteiger partial charge in [0.2, 0.25) is 11.8 Å². The summed E-state index contributed by atoms with van der Waals surface area (Å²) in [7, 11) is 0. The molecule has 0 saturated carbocycles. The molecule has 0 bridgehead atoms. The molecule has 2 rings (SSSR count). The van der Waals surface area contributed by atoms with E-state index in [2.05, 4.69) is 23.8 Å². The summed E-state index contributed by atoms with van der Waals surface area (Å²) < 4.78 is 5.67. The minimum atomic E-state index is -1.04. The molecule has 0 aliphatic carbocycles. The van der Waals surface area contributed by atoms with Gasteiger partial charge in [-0.3, -0.25) is 14.4 Å². The fraction of sp³-hybridized carbons (Fsp3) is 0.345. The van der Waals surface area contributed by atoms with Gasteiger partial charge in [0.05, 0.1) is 18.6 Å². The maximum absolute atomic E-state index is 13.1. The molecule has 2 aromatic rings. The zero-order valence-corrected chi connectivity index (χ0v) is 20.8. The van der Waals surface area contributed by atoms with Crippen molar-refractivity contribution in [1.29, 1.82) is 0 Å². The van der Waals surface area contributed by atoms with Gasteiger partial charge in [0.15, 0.2) is 0 Å². The van der Waals surface area contributed by atoms with Crippen molar-refractivity contribution in [2.45, 2.75) is 38.3 Å². The Labute approximate surface area is 213 Å². The Morgan fingerprint density at radius 1 is 0.917 bits per heavy atom. The van der Waals surface area contributed by atoms with Crippen LogP contribution in [0.4, 0.5) is 0 Å². The molecule has 0 saturated heterocycles. The van der Waals surface area contributed by atoms with Crippen molar-refractivity contribution >= 4 is 17.8 Å². The number of benzene rings is 2. The zero-order valence-electron chi connectivity index (χ0n) is 20.8. The van der Waals surface area contributed by atoms with Gasteiger partial charge in [0, 0.05) is 6.04 Å². The minimum absolute atomic E-state index is 0.0908. The molecule has 192 valence electrons. The highest BCUT2D eigenvalue weighted by atomic mass is 16.5. The van der Waals surface area contributed by atoms with E-state index in [1.165, 1.54) is 6.08 Å². The lowest BCUT2D eigenvalue weighted by Crippen LogP contribution is -2.46. The standard InChI is InChI=1S/C29H36N2O5/c1-4-12-24(18-22-14-8-6-9-15-22)29(35)36-20-26(23-16-10-7-11-17-23)31-28(34)25(13-5-2)27(33)30-21(3)19-32/h4-11,14-17,21,24-26,32H,1-2,12-13,18-20H2,3H3,(H,30,33)(H,31,34)/t21-,24-,25?,26-/m1/s1. The number of nitrogens with one attached hydrogen (secondary N) is 2. The third-order valence-corrected chi connectivity index (χ3v) is 5.72. The lowest BCUT2D eigenvalue weighted by molar-refractivity contribution is -0.150. The summed E-state index contributed by atoms with van der Waals surface area (Å²) in [5, 5.41) is 14.7. The molecule has 0 heterocycles. The van der Waals surface area contributed by atoms with Crippen molar-refractivity contribution in [3.05, 3.63) is 97.1 Å². The highest BCUT2D eigenvalue weighted by Crippen LogP contribution is 2.19. The van der Waals surface area contributed by atoms with Crippen molar-refractivity contribution in [3.63, 3.8) is 0 Å². The lowest BCUT2D eigenvalue weighted by atomic mass is 9.96. The van der Waals surface area contributed by atoms with E-state index in [1.807, 2.05) is 60.7 Å². The molecule has 2 amide bonds. The van der Waals surface area contributed by atoms with Gasteiger partial charge in [-0.05, 0) is 37.3 Å². The fourth-order valence-electron chi connectivity index (χ4n) is 3.71. The van der Waals surface area contributed by atoms with Crippen LogP contribution in [0.3, 0.4) is 0 Å². The first-order chi connectivity index (χ1) is 17.4. The van der Waals surface area contributed by atoms with Gasteiger partial charge >= 0.3 is 5.97 Å². The number of hydrogen-bond acceptors (Lipinski definition) is 5. The van der Waals surface area contributed by atoms with Gasteiger partial charge < -0.3 is 20.5 Å². The molecule has 7 nitrogen and oxygen atoms in total. The Kier molecular flexibility index (Phi) is 12.1. The summed E-state index contributed by atoms with van der Waals surface area (Å²) >= 11 is 0. The highest BCUT2D eigenvalue weighted by Gasteiger charge is 2.29. The predicted molar refractivity (Wildman–Crippen MR) is 140 cm³/mol. The van der Waals surface area contributed by atoms with Crippen molar-refractivity contribution < 1.29 is 24.2 Å². The average Bonchev–Trinajstić information content (AvgIpc) is 2.89. The van der Waals surface area contributed by atoms with Gasteiger partial charge in [0.1, 0.15) is 12.5 Å². The van der Waals surface area contributed by atoms with Gasteiger partial charge in [-0.1, -0.05) is 72.8 Å². The van der Waals surface area contributed by atoms with Crippen molar-refractivity contribution in [2.24, 2.45) is 11.8 Å². The average molecular weight is 493 g/mol. The molecule has 4 atom stereocenters. The van der Waals surface area contributed by atoms with E-state index in [1.54, 1.807) is 13.0 Å². The van der Waals surface area contributed by atoms with Crippen LogP contribution in [0, 0.1) is 11.8 Å². The highest BCUT2D eigenvalue weighted by molar-refractivity contribution is 6.00. The van der Waals surface area contributed by atoms with Crippen LogP contribution in [-0.4, -0.2) is 42.1 Å². The molecule has 3 N–H and O–H groups in total. The minimum Gasteiger partial charge on any atom is -0.463 e. The number of carbonyl (C=O) groups excluding carboxylic acids is 3. The summed E-state index contributed by atoms with van der Waals surface area (Å²) in [6.07, 6.45) is 4.28. The molecular weight excluding hydrogens is 456 g/mol. The number of esters is 1. The number of aliphatic hydroxyl groups excluding tert-OH is 1. The van der Waals surface area contributed by atoms with E-state index in [0.29, 0.717) is 12.8 Å². The quantitative estimate of drug-likeness (QED) is 0.201. The normalized spacial score (nSPS) is 13.9. The first-order valence-electron chi connectivity index (χ1n) is 12.1. The zero-order chi connectivity index (χ0) is 26.3. The summed E-state index contributed by atoms with van der Waals surface area (Å²) in [5.41, 5.74) is 1.76. The number of hydrogen-bond donors (Lipinski definition) is 3. The first-order valence-corrected chi connectivity index (χ1v) is 12.1. The van der Waals surface area contributed by atoms with Gasteiger partial charge in [-0.15, -0.1) is 13.2 Å². The van der Waals surface area contributed by atoms with Crippen LogP contribution in [0.1, 0.15) is 36.9 Å². The molecule has 0 aliphatic heterocycles. The number of carbonyl (C=O) groups is 3. The van der Waals surface area contributed by atoms with E-state index in [9.17, 15) is 19.5 Å². The van der Waals surface area contributed by atoms with E-state index in [0.717, 1.165) is 11.1 Å². The van der Waals surface area contributed by atoms with E-state index in [4.69, 9.17) is 4.74 Å². The maximum Gasteiger partial charge on any atom is 0.309 e. The third-order valence-electron chi connectivity index (χ3n) is 5.72. The van der Waals surface area contributed by atoms with Crippen LogP contribution in [-0.2, 0) is 25.5 Å². The molecule has 7 heteroatoms. The summed E-state index contributed by atoms with van der Waals surface area (Å²) in [4.78, 5) is 38.7. The van der Waals surface area contributed by atoms with Crippen molar-refractivity contribution in [1.82, 2.24) is 10.6 Å².